The van der Waals surface area contributed by atoms with Crippen molar-refractivity contribution < 1.29 is 9.90 Å². The van der Waals surface area contributed by atoms with Crippen molar-refractivity contribution in [3.63, 3.8) is 0 Å². The summed E-state index contributed by atoms with van der Waals surface area (Å²) < 4.78 is 0.754. The fourth-order valence-corrected chi connectivity index (χ4v) is 1.61. The van der Waals surface area contributed by atoms with Crippen LogP contribution in [0.25, 0.3) is 0 Å². The van der Waals surface area contributed by atoms with Gasteiger partial charge in [-0.05, 0) is 25.1 Å². The number of nitrogens with two attached hydrogens (primary N) is 1. The predicted octanol–water partition coefficient (Wildman–Crippen LogP) is 1.14. The number of nitrogens with one attached hydrogen (secondary N) is 1. The largest absolute Gasteiger partial charge is 0.399 e. The minimum atomic E-state index is -0.266. The number of hydrogen-bond donors (Lipinski definition) is 3. The van der Waals surface area contributed by atoms with Crippen molar-refractivity contribution in [3.8, 4) is 0 Å². The van der Waals surface area contributed by atoms with Gasteiger partial charge in [-0.15, -0.1) is 0 Å². The fraction of sp³-hybridized carbons (Fsp3) is 0.300. The number of halogens is 1. The third-order valence-corrected chi connectivity index (χ3v) is 2.29. The second-order valence-corrected chi connectivity index (χ2v) is 4.25. The molecule has 15 heavy (non-hydrogen) atoms. The zero-order chi connectivity index (χ0) is 11.4. The van der Waals surface area contributed by atoms with Crippen molar-refractivity contribution in [3.05, 3.63) is 28.2 Å². The van der Waals surface area contributed by atoms with E-state index in [1.54, 1.807) is 25.1 Å². The highest BCUT2D eigenvalue weighted by Crippen LogP contribution is 2.17. The minimum Gasteiger partial charge on any atom is -0.399 e. The van der Waals surface area contributed by atoms with Crippen LogP contribution in [0.2, 0.25) is 0 Å². The number of hydrogen-bond acceptors (Lipinski definition) is 3. The Balaban J connectivity index is 2.82. The van der Waals surface area contributed by atoms with Gasteiger partial charge >= 0.3 is 0 Å². The van der Waals surface area contributed by atoms with Gasteiger partial charge in [0.2, 0.25) is 0 Å². The molecule has 1 atom stereocenters. The Kier molecular flexibility index (Phi) is 4.11. The minimum absolute atomic E-state index is 0.0881. The quantitative estimate of drug-likeness (QED) is 0.723. The monoisotopic (exact) mass is 272 g/mol. The van der Waals surface area contributed by atoms with E-state index < -0.39 is 0 Å². The Morgan fingerprint density at radius 3 is 2.80 bits per heavy atom. The first-order valence-electron chi connectivity index (χ1n) is 4.50. The van der Waals surface area contributed by atoms with Crippen LogP contribution in [0, 0.1) is 0 Å². The number of anilines is 1. The molecule has 1 aromatic rings. The molecule has 0 aliphatic rings. The highest BCUT2D eigenvalue weighted by Gasteiger charge is 2.09. The summed E-state index contributed by atoms with van der Waals surface area (Å²) in [5.74, 6) is -0.246. The SMILES string of the molecule is C[C@H](CO)NC(=O)c1cc(N)cc(Br)c1. The Morgan fingerprint density at radius 2 is 2.27 bits per heavy atom. The molecule has 1 aromatic carbocycles. The molecule has 1 amide bonds. The summed E-state index contributed by atoms with van der Waals surface area (Å²) in [6.07, 6.45) is 0. The molecule has 0 saturated heterocycles. The molecule has 0 bridgehead atoms. The molecule has 0 radical (unpaired) electrons. The molecular weight excluding hydrogens is 260 g/mol. The van der Waals surface area contributed by atoms with E-state index in [4.69, 9.17) is 10.8 Å². The van der Waals surface area contributed by atoms with E-state index >= 15 is 0 Å². The van der Waals surface area contributed by atoms with Crippen LogP contribution in [0.15, 0.2) is 22.7 Å². The molecular formula is C10H13BrN2O2. The summed E-state index contributed by atoms with van der Waals surface area (Å²) in [7, 11) is 0. The maximum atomic E-state index is 11.6. The van der Waals surface area contributed by atoms with Gasteiger partial charge in [0.25, 0.3) is 5.91 Å². The molecule has 0 fully saturated rings. The summed E-state index contributed by atoms with van der Waals surface area (Å²) in [5, 5.41) is 11.4. The van der Waals surface area contributed by atoms with Gasteiger partial charge in [0.15, 0.2) is 0 Å². The van der Waals surface area contributed by atoms with Crippen molar-refractivity contribution in [2.75, 3.05) is 12.3 Å². The van der Waals surface area contributed by atoms with E-state index in [0.29, 0.717) is 11.3 Å². The first-order chi connectivity index (χ1) is 7.02. The van der Waals surface area contributed by atoms with Crippen molar-refractivity contribution in [1.82, 2.24) is 5.32 Å². The van der Waals surface area contributed by atoms with E-state index in [1.165, 1.54) is 0 Å². The molecule has 4 nitrogen and oxygen atoms in total. The Bertz CT molecular complexity index is 348. The molecule has 0 aliphatic carbocycles. The second kappa shape index (κ2) is 5.14. The average Bonchev–Trinajstić information content (AvgIpc) is 2.16. The smallest absolute Gasteiger partial charge is 0.251 e. The van der Waals surface area contributed by atoms with Crippen molar-refractivity contribution in [1.29, 1.82) is 0 Å². The van der Waals surface area contributed by atoms with Gasteiger partial charge in [-0.1, -0.05) is 15.9 Å². The lowest BCUT2D eigenvalue weighted by Crippen LogP contribution is -2.35. The van der Waals surface area contributed by atoms with Crippen LogP contribution in [0.3, 0.4) is 0 Å². The van der Waals surface area contributed by atoms with Crippen LogP contribution < -0.4 is 11.1 Å². The molecule has 0 unspecified atom stereocenters. The van der Waals surface area contributed by atoms with E-state index in [0.717, 1.165) is 4.47 Å². The van der Waals surface area contributed by atoms with Crippen LogP contribution in [-0.4, -0.2) is 23.7 Å². The summed E-state index contributed by atoms with van der Waals surface area (Å²) in [5.41, 5.74) is 6.59. The predicted molar refractivity (Wildman–Crippen MR) is 62.6 cm³/mol. The molecule has 4 N–H and O–H groups in total. The molecule has 0 aromatic heterocycles. The van der Waals surface area contributed by atoms with Crippen LogP contribution in [0.5, 0.6) is 0 Å². The topological polar surface area (TPSA) is 75.3 Å². The molecule has 82 valence electrons. The van der Waals surface area contributed by atoms with E-state index in [9.17, 15) is 4.79 Å². The lowest BCUT2D eigenvalue weighted by atomic mass is 10.2. The number of amides is 1. The van der Waals surface area contributed by atoms with E-state index in [1.807, 2.05) is 0 Å². The number of carbonyl (C=O) groups excluding carboxylic acids is 1. The number of aliphatic hydroxyl groups is 1. The number of nitrogen functional groups attached to an aromatic ring is 1. The maximum Gasteiger partial charge on any atom is 0.251 e. The summed E-state index contributed by atoms with van der Waals surface area (Å²) in [6.45, 7) is 1.63. The summed E-state index contributed by atoms with van der Waals surface area (Å²) in [4.78, 5) is 11.6. The highest BCUT2D eigenvalue weighted by atomic mass is 79.9. The Labute approximate surface area is 96.6 Å². The summed E-state index contributed by atoms with van der Waals surface area (Å²) in [6, 6.07) is 4.71. The van der Waals surface area contributed by atoms with Crippen LogP contribution in [0.1, 0.15) is 17.3 Å². The number of carbonyl (C=O) groups is 1. The van der Waals surface area contributed by atoms with Gasteiger partial charge in [-0.2, -0.15) is 0 Å². The molecule has 5 heteroatoms. The lowest BCUT2D eigenvalue weighted by Gasteiger charge is -2.11. The molecule has 1 rings (SSSR count). The van der Waals surface area contributed by atoms with Crippen molar-refractivity contribution >= 4 is 27.5 Å². The van der Waals surface area contributed by atoms with Gasteiger partial charge in [0.1, 0.15) is 0 Å². The number of rotatable bonds is 3. The Hall–Kier alpha value is -1.07. The zero-order valence-corrected chi connectivity index (χ0v) is 9.91. The van der Waals surface area contributed by atoms with Crippen LogP contribution in [0.4, 0.5) is 5.69 Å². The normalized spacial score (nSPS) is 12.2. The number of aliphatic hydroxyl groups excluding tert-OH is 1. The molecule has 0 aliphatic heterocycles. The lowest BCUT2D eigenvalue weighted by molar-refractivity contribution is 0.0922. The second-order valence-electron chi connectivity index (χ2n) is 3.33. The average molecular weight is 273 g/mol. The molecule has 0 heterocycles. The number of benzene rings is 1. The highest BCUT2D eigenvalue weighted by molar-refractivity contribution is 9.10. The van der Waals surface area contributed by atoms with Gasteiger partial charge in [-0.3, -0.25) is 4.79 Å². The first kappa shape index (κ1) is 12.0. The van der Waals surface area contributed by atoms with Crippen molar-refractivity contribution in [2.24, 2.45) is 0 Å². The summed E-state index contributed by atoms with van der Waals surface area (Å²) >= 11 is 3.26. The van der Waals surface area contributed by atoms with E-state index in [-0.39, 0.29) is 18.6 Å². The zero-order valence-electron chi connectivity index (χ0n) is 8.33. The van der Waals surface area contributed by atoms with Gasteiger partial charge in [0.05, 0.1) is 6.61 Å². The first-order valence-corrected chi connectivity index (χ1v) is 5.30. The molecule has 0 spiro atoms. The third kappa shape index (κ3) is 3.53. The third-order valence-electron chi connectivity index (χ3n) is 1.83. The molecule has 0 saturated carbocycles. The Morgan fingerprint density at radius 1 is 1.60 bits per heavy atom. The maximum absolute atomic E-state index is 11.6. The van der Waals surface area contributed by atoms with Gasteiger partial charge < -0.3 is 16.2 Å². The van der Waals surface area contributed by atoms with Crippen molar-refractivity contribution in [2.45, 2.75) is 13.0 Å². The van der Waals surface area contributed by atoms with Gasteiger partial charge in [-0.25, -0.2) is 0 Å². The fourth-order valence-electron chi connectivity index (χ4n) is 1.10. The van der Waals surface area contributed by atoms with E-state index in [2.05, 4.69) is 21.2 Å². The van der Waals surface area contributed by atoms with Crippen LogP contribution >= 0.6 is 15.9 Å². The standard InChI is InChI=1S/C10H13BrN2O2/c1-6(5-14)13-10(15)7-2-8(11)4-9(12)3-7/h2-4,6,14H,5,12H2,1H3,(H,13,15)/t6-/m1/s1. The van der Waals surface area contributed by atoms with Crippen LogP contribution in [-0.2, 0) is 0 Å². The van der Waals surface area contributed by atoms with Gasteiger partial charge in [0, 0.05) is 21.8 Å².